The maximum atomic E-state index is 12.7. The first-order valence-corrected chi connectivity index (χ1v) is 8.06. The number of amides is 1. The average Bonchev–Trinajstić information content (AvgIpc) is 3.20. The Labute approximate surface area is 139 Å². The van der Waals surface area contributed by atoms with E-state index < -0.39 is 11.5 Å². The molecule has 2 aromatic rings. The van der Waals surface area contributed by atoms with Gasteiger partial charge in [-0.25, -0.2) is 9.89 Å². The molecule has 5 N–H and O–H groups in total. The van der Waals surface area contributed by atoms with Gasteiger partial charge in [0, 0.05) is 6.04 Å². The summed E-state index contributed by atoms with van der Waals surface area (Å²) in [5.41, 5.74) is 5.99. The fourth-order valence-electron chi connectivity index (χ4n) is 2.77. The summed E-state index contributed by atoms with van der Waals surface area (Å²) >= 11 is 0. The lowest BCUT2D eigenvalue weighted by Crippen LogP contribution is -2.47. The first-order valence-electron chi connectivity index (χ1n) is 8.06. The summed E-state index contributed by atoms with van der Waals surface area (Å²) in [5, 5.41) is 16.2. The molecule has 1 fully saturated rings. The van der Waals surface area contributed by atoms with Gasteiger partial charge in [-0.1, -0.05) is 25.3 Å². The third-order valence-corrected chi connectivity index (χ3v) is 4.11. The SMILES string of the molecule is Cc1c(N)[nH]n2c(=O)c(C(=O)NC3CC3)c(O)[n+](CC(C)(C)C)c12. The molecule has 1 amide bonds. The minimum Gasteiger partial charge on any atom is -0.477 e. The number of aromatic amines is 1. The maximum Gasteiger partial charge on any atom is 0.378 e. The fourth-order valence-corrected chi connectivity index (χ4v) is 2.77. The van der Waals surface area contributed by atoms with Crippen molar-refractivity contribution in [1.29, 1.82) is 0 Å². The number of nitrogens with one attached hydrogen (secondary N) is 2. The Kier molecular flexibility index (Phi) is 3.58. The molecule has 1 aliphatic rings. The zero-order valence-corrected chi connectivity index (χ0v) is 14.4. The van der Waals surface area contributed by atoms with Crippen molar-refractivity contribution < 1.29 is 14.5 Å². The topological polar surface area (TPSA) is 116 Å². The Bertz CT molecular complexity index is 884. The van der Waals surface area contributed by atoms with E-state index in [1.54, 1.807) is 11.5 Å². The normalized spacial score (nSPS) is 15.0. The van der Waals surface area contributed by atoms with E-state index in [1.165, 1.54) is 4.52 Å². The third-order valence-electron chi connectivity index (χ3n) is 4.11. The number of nitrogens with two attached hydrogens (primary N) is 1. The number of hydrogen-bond acceptors (Lipinski definition) is 4. The maximum absolute atomic E-state index is 12.7. The van der Waals surface area contributed by atoms with Gasteiger partial charge in [-0.15, -0.1) is 0 Å². The standard InChI is InChI=1S/C16H23N5O3/c1-8-11(17)19-21-13(8)20(7-16(2,3)4)14(23)10(15(21)24)12(22)18-9-5-6-9/h9H,5-7H2,1-4H3,(H4,17,18,19,22,23,24)/p+1. The van der Waals surface area contributed by atoms with Gasteiger partial charge >= 0.3 is 17.1 Å². The monoisotopic (exact) mass is 334 g/mol. The first kappa shape index (κ1) is 16.4. The minimum absolute atomic E-state index is 0.0866. The van der Waals surface area contributed by atoms with Crippen LogP contribution in [0.4, 0.5) is 5.82 Å². The molecular formula is C16H24N5O3+. The van der Waals surface area contributed by atoms with Crippen LogP contribution in [0.25, 0.3) is 5.65 Å². The van der Waals surface area contributed by atoms with Crippen LogP contribution < -0.4 is 21.2 Å². The van der Waals surface area contributed by atoms with Crippen molar-refractivity contribution in [1.82, 2.24) is 14.9 Å². The molecule has 3 rings (SSSR count). The molecule has 24 heavy (non-hydrogen) atoms. The number of aryl methyl sites for hydroxylation is 1. The predicted molar refractivity (Wildman–Crippen MR) is 89.0 cm³/mol. The lowest BCUT2D eigenvalue weighted by atomic mass is 9.96. The van der Waals surface area contributed by atoms with Gasteiger partial charge in [-0.3, -0.25) is 4.79 Å². The Morgan fingerprint density at radius 3 is 2.62 bits per heavy atom. The molecular weight excluding hydrogens is 310 g/mol. The highest BCUT2D eigenvalue weighted by molar-refractivity contribution is 5.96. The van der Waals surface area contributed by atoms with Gasteiger partial charge in [0.2, 0.25) is 5.56 Å². The van der Waals surface area contributed by atoms with E-state index in [9.17, 15) is 14.7 Å². The second-order valence-corrected chi connectivity index (χ2v) is 7.71. The molecule has 0 bridgehead atoms. The summed E-state index contributed by atoms with van der Waals surface area (Å²) in [6, 6.07) is 0.0866. The van der Waals surface area contributed by atoms with Crippen LogP contribution in [0, 0.1) is 12.3 Å². The van der Waals surface area contributed by atoms with Crippen molar-refractivity contribution in [3.63, 3.8) is 0 Å². The van der Waals surface area contributed by atoms with Crippen LogP contribution in [0.1, 0.15) is 49.5 Å². The average molecular weight is 334 g/mol. The van der Waals surface area contributed by atoms with E-state index in [-0.39, 0.29) is 22.9 Å². The van der Waals surface area contributed by atoms with Crippen LogP contribution in [0.3, 0.4) is 0 Å². The summed E-state index contributed by atoms with van der Waals surface area (Å²) < 4.78 is 2.81. The Hall–Kier alpha value is -2.51. The van der Waals surface area contributed by atoms with Crippen molar-refractivity contribution in [3.05, 3.63) is 21.5 Å². The number of hydrogen-bond donors (Lipinski definition) is 4. The Morgan fingerprint density at radius 2 is 2.08 bits per heavy atom. The van der Waals surface area contributed by atoms with Gasteiger partial charge in [0.15, 0.2) is 0 Å². The smallest absolute Gasteiger partial charge is 0.378 e. The molecule has 2 aromatic heterocycles. The molecule has 0 spiro atoms. The molecule has 130 valence electrons. The highest BCUT2D eigenvalue weighted by atomic mass is 16.3. The molecule has 0 aliphatic heterocycles. The van der Waals surface area contributed by atoms with Crippen LogP contribution in [0.15, 0.2) is 4.79 Å². The number of nitrogen functional groups attached to an aromatic ring is 1. The number of nitrogens with zero attached hydrogens (tertiary/aromatic N) is 2. The van der Waals surface area contributed by atoms with Crippen molar-refractivity contribution in [2.24, 2.45) is 5.41 Å². The van der Waals surface area contributed by atoms with Crippen LogP contribution in [-0.2, 0) is 6.54 Å². The second kappa shape index (κ2) is 5.25. The number of carbonyl (C=O) groups is 1. The lowest BCUT2D eigenvalue weighted by Gasteiger charge is -2.18. The minimum atomic E-state index is -0.606. The van der Waals surface area contributed by atoms with Crippen LogP contribution in [0.2, 0.25) is 0 Å². The van der Waals surface area contributed by atoms with Crippen LogP contribution >= 0.6 is 0 Å². The van der Waals surface area contributed by atoms with Gasteiger partial charge < -0.3 is 16.2 Å². The van der Waals surface area contributed by atoms with E-state index in [2.05, 4.69) is 10.4 Å². The number of aromatic nitrogens is 3. The Morgan fingerprint density at radius 1 is 1.46 bits per heavy atom. The number of aromatic hydroxyl groups is 1. The van der Waals surface area contributed by atoms with E-state index in [0.29, 0.717) is 23.6 Å². The zero-order chi connectivity index (χ0) is 17.8. The molecule has 1 saturated carbocycles. The van der Waals surface area contributed by atoms with E-state index in [4.69, 9.17) is 5.73 Å². The largest absolute Gasteiger partial charge is 0.477 e. The van der Waals surface area contributed by atoms with Gasteiger partial charge in [0.25, 0.3) is 5.91 Å². The molecule has 2 heterocycles. The number of anilines is 1. The molecule has 0 saturated heterocycles. The Balaban J connectivity index is 2.28. The van der Waals surface area contributed by atoms with Crippen molar-refractivity contribution in [2.75, 3.05) is 5.73 Å². The van der Waals surface area contributed by atoms with Crippen LogP contribution in [-0.4, -0.2) is 26.7 Å². The second-order valence-electron chi connectivity index (χ2n) is 7.71. The van der Waals surface area contributed by atoms with E-state index in [1.807, 2.05) is 20.8 Å². The summed E-state index contributed by atoms with van der Waals surface area (Å²) in [6.07, 6.45) is 1.79. The van der Waals surface area contributed by atoms with Crippen molar-refractivity contribution in [3.8, 4) is 5.88 Å². The van der Waals surface area contributed by atoms with Gasteiger partial charge in [-0.05, 0) is 25.2 Å². The van der Waals surface area contributed by atoms with Crippen molar-refractivity contribution in [2.45, 2.75) is 53.1 Å². The first-order chi connectivity index (χ1) is 11.1. The summed E-state index contributed by atoms with van der Waals surface area (Å²) in [5.74, 6) is -0.549. The van der Waals surface area contributed by atoms with Crippen LogP contribution in [0.5, 0.6) is 5.88 Å². The number of rotatable bonds is 3. The quantitative estimate of drug-likeness (QED) is 0.610. The van der Waals surface area contributed by atoms with Crippen molar-refractivity contribution >= 4 is 17.4 Å². The molecule has 0 unspecified atom stereocenters. The third kappa shape index (κ3) is 2.72. The highest BCUT2D eigenvalue weighted by Crippen LogP contribution is 2.22. The molecule has 0 atom stereocenters. The summed E-state index contributed by atoms with van der Waals surface area (Å²) in [7, 11) is 0. The van der Waals surface area contributed by atoms with Gasteiger partial charge in [0.05, 0.1) is 12.1 Å². The molecule has 8 nitrogen and oxygen atoms in total. The van der Waals surface area contributed by atoms with E-state index in [0.717, 1.165) is 12.8 Å². The molecule has 8 heteroatoms. The summed E-state index contributed by atoms with van der Waals surface area (Å²) in [4.78, 5) is 25.2. The van der Waals surface area contributed by atoms with Gasteiger partial charge in [-0.2, -0.15) is 4.57 Å². The zero-order valence-electron chi connectivity index (χ0n) is 14.4. The number of fused-ring (bicyclic) bond motifs is 1. The highest BCUT2D eigenvalue weighted by Gasteiger charge is 2.35. The molecule has 0 aromatic carbocycles. The van der Waals surface area contributed by atoms with Gasteiger partial charge in [0.1, 0.15) is 5.82 Å². The number of H-pyrrole nitrogens is 1. The van der Waals surface area contributed by atoms with E-state index >= 15 is 0 Å². The molecule has 1 aliphatic carbocycles. The lowest BCUT2D eigenvalue weighted by molar-refractivity contribution is -0.692. The summed E-state index contributed by atoms with van der Waals surface area (Å²) in [6.45, 7) is 8.22. The fraction of sp³-hybridized carbons (Fsp3) is 0.562. The predicted octanol–water partition coefficient (Wildman–Crippen LogP) is 0.450. The molecule has 0 radical (unpaired) electrons. The number of carbonyl (C=O) groups excluding carboxylic acids is 1.